The third-order valence-corrected chi connectivity index (χ3v) is 5.94. The molecule has 0 saturated carbocycles. The predicted octanol–water partition coefficient (Wildman–Crippen LogP) is -0.790. The van der Waals surface area contributed by atoms with Gasteiger partial charge in [0, 0.05) is 14.1 Å². The van der Waals surface area contributed by atoms with Gasteiger partial charge in [-0.2, -0.15) is 0 Å². The van der Waals surface area contributed by atoms with Crippen LogP contribution < -0.4 is 20.7 Å². The zero-order valence-corrected chi connectivity index (χ0v) is 20.0. The van der Waals surface area contributed by atoms with Crippen molar-refractivity contribution in [2.24, 2.45) is 5.73 Å². The molecule has 1 aliphatic heterocycles. The van der Waals surface area contributed by atoms with Gasteiger partial charge in [0.15, 0.2) is 23.2 Å². The predicted molar refractivity (Wildman–Crippen MR) is 131 cm³/mol. The Labute approximate surface area is 208 Å². The van der Waals surface area contributed by atoms with E-state index in [0.717, 1.165) is 5.56 Å². The van der Waals surface area contributed by atoms with Crippen LogP contribution in [0.4, 0.5) is 5.82 Å². The molecule has 0 aliphatic carbocycles. The summed E-state index contributed by atoms with van der Waals surface area (Å²) in [5.41, 5.74) is 7.94. The summed E-state index contributed by atoms with van der Waals surface area (Å²) in [6.07, 6.45) is 5.34. The molecule has 0 radical (unpaired) electrons. The largest absolute Gasteiger partial charge is 0.481 e. The molecule has 3 heterocycles. The lowest BCUT2D eigenvalue weighted by Gasteiger charge is -2.23. The first-order chi connectivity index (χ1) is 17.3. The zero-order chi connectivity index (χ0) is 25.8. The highest BCUT2D eigenvalue weighted by Gasteiger charge is 2.46. The van der Waals surface area contributed by atoms with Gasteiger partial charge in [-0.1, -0.05) is 18.1 Å². The van der Waals surface area contributed by atoms with Crippen LogP contribution >= 0.6 is 0 Å². The molecule has 12 heteroatoms. The molecule has 1 aromatic carbocycles. The van der Waals surface area contributed by atoms with Gasteiger partial charge in [0.1, 0.15) is 30.9 Å². The number of carbonyl (C=O) groups excluding carboxylic acids is 1. The highest BCUT2D eigenvalue weighted by Crippen LogP contribution is 2.32. The van der Waals surface area contributed by atoms with Crippen molar-refractivity contribution in [1.29, 1.82) is 0 Å². The smallest absolute Gasteiger partial charge is 0.237 e. The molecule has 0 bridgehead atoms. The molecule has 4 unspecified atom stereocenters. The summed E-state index contributed by atoms with van der Waals surface area (Å²) in [7, 11) is 3.67. The van der Waals surface area contributed by atoms with Crippen LogP contribution in [0, 0.1) is 12.3 Å². The van der Waals surface area contributed by atoms with Crippen LogP contribution in [0.2, 0.25) is 0 Å². The summed E-state index contributed by atoms with van der Waals surface area (Å²) in [4.78, 5) is 27.5. The molecule has 1 aliphatic rings. The van der Waals surface area contributed by atoms with Crippen molar-refractivity contribution in [3.05, 3.63) is 42.5 Å². The van der Waals surface area contributed by atoms with Gasteiger partial charge in [0.05, 0.1) is 25.0 Å². The number of aliphatic hydroxyl groups excluding tert-OH is 2. The number of ether oxygens (including phenoxy) is 2. The standard InChI is InChI=1S/C24H29N7O5/c1-4-9-35-15-7-5-14(6-8-15)10-16(25)23(34)29-18-17(11-32)36-24(20(18)33)31-13-28-19-21(30(2)3)26-12-27-22(19)31/h1,5-8,12-13,16-18,20,24,32-33H,9-11,25H2,2-3H3,(H,29,34)/t16?,17?,18?,20?,24-/m1/s1. The Morgan fingerprint density at radius 1 is 1.33 bits per heavy atom. The second-order valence-corrected chi connectivity index (χ2v) is 8.64. The maximum Gasteiger partial charge on any atom is 0.237 e. The number of rotatable bonds is 9. The fourth-order valence-corrected chi connectivity index (χ4v) is 4.12. The third-order valence-electron chi connectivity index (χ3n) is 5.94. The van der Waals surface area contributed by atoms with Crippen molar-refractivity contribution in [2.75, 3.05) is 32.2 Å². The first-order valence-electron chi connectivity index (χ1n) is 11.3. The van der Waals surface area contributed by atoms with Crippen LogP contribution in [0.5, 0.6) is 5.75 Å². The Kier molecular flexibility index (Phi) is 7.66. The van der Waals surface area contributed by atoms with Crippen molar-refractivity contribution in [3.63, 3.8) is 0 Å². The van der Waals surface area contributed by atoms with E-state index >= 15 is 0 Å². The SMILES string of the molecule is C#CCOc1ccc(CC(N)C(=O)NC2C(CO)O[C@@H](n3cnc4c(N(C)C)ncnc43)C2O)cc1. The second-order valence-electron chi connectivity index (χ2n) is 8.64. The number of nitrogens with zero attached hydrogens (tertiary/aromatic N) is 5. The minimum atomic E-state index is -1.19. The monoisotopic (exact) mass is 495 g/mol. The van der Waals surface area contributed by atoms with Crippen LogP contribution in [0.15, 0.2) is 36.9 Å². The summed E-state index contributed by atoms with van der Waals surface area (Å²) in [5.74, 6) is 3.14. The summed E-state index contributed by atoms with van der Waals surface area (Å²) in [6, 6.07) is 5.31. The maximum absolute atomic E-state index is 12.9. The van der Waals surface area contributed by atoms with E-state index in [1.165, 1.54) is 12.7 Å². The second kappa shape index (κ2) is 10.9. The van der Waals surface area contributed by atoms with Crippen LogP contribution in [-0.2, 0) is 16.0 Å². The number of imidazole rings is 1. The van der Waals surface area contributed by atoms with Crippen LogP contribution in [0.25, 0.3) is 11.2 Å². The van der Waals surface area contributed by atoms with E-state index in [1.54, 1.807) is 33.7 Å². The third kappa shape index (κ3) is 5.09. The number of nitrogens with one attached hydrogen (secondary N) is 1. The molecule has 190 valence electrons. The van der Waals surface area contributed by atoms with E-state index in [9.17, 15) is 15.0 Å². The molecular formula is C24H29N7O5. The summed E-state index contributed by atoms with van der Waals surface area (Å²) >= 11 is 0. The number of benzene rings is 1. The molecule has 1 fully saturated rings. The van der Waals surface area contributed by atoms with Crippen molar-refractivity contribution in [2.45, 2.75) is 36.9 Å². The number of anilines is 1. The van der Waals surface area contributed by atoms with Gasteiger partial charge < -0.3 is 35.6 Å². The fraction of sp³-hybridized carbons (Fsp3) is 0.417. The van der Waals surface area contributed by atoms with E-state index < -0.39 is 43.0 Å². The molecule has 1 amide bonds. The summed E-state index contributed by atoms with van der Waals surface area (Å²) in [5, 5.41) is 23.7. The van der Waals surface area contributed by atoms with E-state index in [1.807, 2.05) is 14.1 Å². The van der Waals surface area contributed by atoms with Gasteiger partial charge >= 0.3 is 0 Å². The lowest BCUT2D eigenvalue weighted by molar-refractivity contribution is -0.124. The minimum absolute atomic E-state index is 0.165. The summed E-state index contributed by atoms with van der Waals surface area (Å²) < 4.78 is 12.8. The number of terminal acetylenes is 1. The van der Waals surface area contributed by atoms with Crippen LogP contribution in [0.3, 0.4) is 0 Å². The average Bonchev–Trinajstić information content (AvgIpc) is 3.44. The quantitative estimate of drug-likeness (QED) is 0.277. The Bertz CT molecular complexity index is 1240. The highest BCUT2D eigenvalue weighted by atomic mass is 16.5. The van der Waals surface area contributed by atoms with Gasteiger partial charge in [-0.15, -0.1) is 6.42 Å². The molecule has 5 atom stereocenters. The van der Waals surface area contributed by atoms with Crippen molar-refractivity contribution >= 4 is 22.9 Å². The molecule has 36 heavy (non-hydrogen) atoms. The maximum atomic E-state index is 12.9. The highest BCUT2D eigenvalue weighted by molar-refractivity contribution is 5.83. The number of hydrogen-bond acceptors (Lipinski definition) is 10. The van der Waals surface area contributed by atoms with Gasteiger partial charge in [0.25, 0.3) is 0 Å². The molecule has 5 N–H and O–H groups in total. The number of aromatic nitrogens is 4. The molecule has 0 spiro atoms. The van der Waals surface area contributed by atoms with E-state index in [0.29, 0.717) is 22.7 Å². The van der Waals surface area contributed by atoms with Crippen molar-refractivity contribution < 1.29 is 24.5 Å². The zero-order valence-electron chi connectivity index (χ0n) is 20.0. The van der Waals surface area contributed by atoms with Gasteiger partial charge in [-0.25, -0.2) is 15.0 Å². The van der Waals surface area contributed by atoms with Crippen LogP contribution in [-0.4, -0.2) is 87.2 Å². The minimum Gasteiger partial charge on any atom is -0.481 e. The molecule has 12 nitrogen and oxygen atoms in total. The number of aliphatic hydroxyl groups is 2. The van der Waals surface area contributed by atoms with Crippen molar-refractivity contribution in [1.82, 2.24) is 24.8 Å². The van der Waals surface area contributed by atoms with Gasteiger partial charge in [-0.05, 0) is 24.1 Å². The molecular weight excluding hydrogens is 466 g/mol. The first-order valence-corrected chi connectivity index (χ1v) is 11.3. The van der Waals surface area contributed by atoms with Gasteiger partial charge in [-0.3, -0.25) is 9.36 Å². The average molecular weight is 496 g/mol. The summed E-state index contributed by atoms with van der Waals surface area (Å²) in [6.45, 7) is -0.254. The lowest BCUT2D eigenvalue weighted by Crippen LogP contribution is -2.53. The Balaban J connectivity index is 1.45. The number of fused-ring (bicyclic) bond motifs is 1. The normalized spacial score (nSPS) is 22.2. The fourth-order valence-electron chi connectivity index (χ4n) is 4.12. The molecule has 3 aromatic rings. The van der Waals surface area contributed by atoms with E-state index in [2.05, 4.69) is 26.2 Å². The lowest BCUT2D eigenvalue weighted by atomic mass is 10.0. The molecule has 1 saturated heterocycles. The topological polar surface area (TPSA) is 161 Å². The Hall–Kier alpha value is -3.76. The van der Waals surface area contributed by atoms with E-state index in [-0.39, 0.29) is 13.0 Å². The number of nitrogens with two attached hydrogens (primary N) is 1. The van der Waals surface area contributed by atoms with E-state index in [4.69, 9.17) is 21.6 Å². The van der Waals surface area contributed by atoms with Crippen LogP contribution in [0.1, 0.15) is 11.8 Å². The number of carbonyl (C=O) groups is 1. The van der Waals surface area contributed by atoms with Crippen molar-refractivity contribution in [3.8, 4) is 18.1 Å². The first kappa shape index (κ1) is 25.3. The number of hydrogen-bond donors (Lipinski definition) is 4. The molecule has 4 rings (SSSR count). The Morgan fingerprint density at radius 3 is 2.75 bits per heavy atom. The Morgan fingerprint density at radius 2 is 2.08 bits per heavy atom. The molecule has 2 aromatic heterocycles. The number of amides is 1. The van der Waals surface area contributed by atoms with Gasteiger partial charge in [0.2, 0.25) is 5.91 Å².